The van der Waals surface area contributed by atoms with Gasteiger partial charge in [0.2, 0.25) is 0 Å². The Morgan fingerprint density at radius 1 is 1.37 bits per heavy atom. The predicted octanol–water partition coefficient (Wildman–Crippen LogP) is 1.97. The minimum atomic E-state index is -0.191. The highest BCUT2D eigenvalue weighted by atomic mass is 16.5. The Labute approximate surface area is 111 Å². The first-order valence-corrected chi connectivity index (χ1v) is 5.92. The van der Waals surface area contributed by atoms with Gasteiger partial charge in [-0.1, -0.05) is 0 Å². The van der Waals surface area contributed by atoms with E-state index in [2.05, 4.69) is 9.97 Å². The van der Waals surface area contributed by atoms with Crippen LogP contribution >= 0.6 is 0 Å². The van der Waals surface area contributed by atoms with E-state index < -0.39 is 0 Å². The fourth-order valence-corrected chi connectivity index (χ4v) is 1.88. The molecule has 5 heteroatoms. The quantitative estimate of drug-likeness (QED) is 0.912. The number of aromatic amines is 1. The Kier molecular flexibility index (Phi) is 3.85. The molecule has 1 N–H and O–H groups in total. The lowest BCUT2D eigenvalue weighted by atomic mass is 10.1. The Bertz CT molecular complexity index is 635. The number of methoxy groups -OCH3 is 1. The fraction of sp³-hybridized carbons (Fsp3) is 0.286. The largest absolute Gasteiger partial charge is 0.496 e. The van der Waals surface area contributed by atoms with Crippen molar-refractivity contribution in [2.24, 2.45) is 0 Å². The number of hydrogen-bond donors (Lipinski definition) is 1. The Balaban J connectivity index is 2.18. The second-order valence-corrected chi connectivity index (χ2v) is 4.22. The number of aromatic nitrogens is 2. The lowest BCUT2D eigenvalue weighted by Gasteiger charge is -2.12. The zero-order chi connectivity index (χ0) is 13.8. The molecule has 0 fully saturated rings. The highest BCUT2D eigenvalue weighted by molar-refractivity contribution is 5.41. The molecule has 0 atom stereocenters. The normalized spacial score (nSPS) is 10.3. The van der Waals surface area contributed by atoms with Crippen molar-refractivity contribution in [1.29, 1.82) is 0 Å². The molecule has 0 spiro atoms. The van der Waals surface area contributed by atoms with Crippen molar-refractivity contribution in [3.05, 3.63) is 51.7 Å². The first kappa shape index (κ1) is 13.1. The molecule has 2 aromatic rings. The van der Waals surface area contributed by atoms with Crippen LogP contribution in [0.1, 0.15) is 16.8 Å². The number of nitrogens with one attached hydrogen (secondary N) is 1. The minimum Gasteiger partial charge on any atom is -0.496 e. The summed E-state index contributed by atoms with van der Waals surface area (Å²) in [5.74, 6) is 1.34. The van der Waals surface area contributed by atoms with Crippen molar-refractivity contribution in [1.82, 2.24) is 9.97 Å². The van der Waals surface area contributed by atoms with E-state index in [9.17, 15) is 4.79 Å². The Morgan fingerprint density at radius 3 is 2.84 bits per heavy atom. The van der Waals surface area contributed by atoms with Gasteiger partial charge in [0.05, 0.1) is 12.8 Å². The van der Waals surface area contributed by atoms with Crippen LogP contribution < -0.4 is 15.0 Å². The van der Waals surface area contributed by atoms with Crippen molar-refractivity contribution in [3.8, 4) is 11.5 Å². The lowest BCUT2D eigenvalue weighted by molar-refractivity contribution is 0.298. The van der Waals surface area contributed by atoms with E-state index in [0.29, 0.717) is 12.4 Å². The van der Waals surface area contributed by atoms with Gasteiger partial charge >= 0.3 is 0 Å². The molecule has 5 nitrogen and oxygen atoms in total. The smallest absolute Gasteiger partial charge is 0.251 e. The van der Waals surface area contributed by atoms with E-state index >= 15 is 0 Å². The van der Waals surface area contributed by atoms with Gasteiger partial charge in [-0.2, -0.15) is 0 Å². The van der Waals surface area contributed by atoms with Gasteiger partial charge in [0.25, 0.3) is 5.56 Å². The predicted molar refractivity (Wildman–Crippen MR) is 71.7 cm³/mol. The molecule has 100 valence electrons. The Morgan fingerprint density at radius 2 is 2.16 bits per heavy atom. The average Bonchev–Trinajstić information content (AvgIpc) is 2.38. The third kappa shape index (κ3) is 2.93. The second-order valence-electron chi connectivity index (χ2n) is 4.22. The first-order valence-electron chi connectivity index (χ1n) is 5.92. The maximum Gasteiger partial charge on any atom is 0.251 e. The second kappa shape index (κ2) is 5.56. The SMILES string of the molecule is COc1c(C)cnc(COc2cc[nH]c(=O)c2)c1C. The van der Waals surface area contributed by atoms with Crippen LogP contribution in [-0.2, 0) is 6.61 Å². The van der Waals surface area contributed by atoms with Crippen LogP contribution in [0.3, 0.4) is 0 Å². The van der Waals surface area contributed by atoms with Gasteiger partial charge in [0.15, 0.2) is 0 Å². The zero-order valence-electron chi connectivity index (χ0n) is 11.2. The first-order chi connectivity index (χ1) is 9.11. The monoisotopic (exact) mass is 260 g/mol. The van der Waals surface area contributed by atoms with Gasteiger partial charge < -0.3 is 14.5 Å². The maximum atomic E-state index is 11.1. The standard InChI is InChI=1S/C14H16N2O3/c1-9-7-16-12(10(2)14(9)18-3)8-19-11-4-5-15-13(17)6-11/h4-7H,8H2,1-3H3,(H,15,17). The highest BCUT2D eigenvalue weighted by Gasteiger charge is 2.09. The van der Waals surface area contributed by atoms with Crippen molar-refractivity contribution >= 4 is 0 Å². The molecule has 2 heterocycles. The van der Waals surface area contributed by atoms with Crippen LogP contribution in [0.25, 0.3) is 0 Å². The molecular formula is C14H16N2O3. The highest BCUT2D eigenvalue weighted by Crippen LogP contribution is 2.24. The number of aryl methyl sites for hydroxylation is 1. The third-order valence-corrected chi connectivity index (χ3v) is 2.87. The van der Waals surface area contributed by atoms with E-state index in [0.717, 1.165) is 22.6 Å². The molecule has 0 saturated carbocycles. The summed E-state index contributed by atoms with van der Waals surface area (Å²) in [5.41, 5.74) is 2.54. The van der Waals surface area contributed by atoms with Crippen LogP contribution in [0.2, 0.25) is 0 Å². The van der Waals surface area contributed by atoms with Crippen LogP contribution in [0.5, 0.6) is 11.5 Å². The molecule has 0 amide bonds. The van der Waals surface area contributed by atoms with Gasteiger partial charge in [-0.25, -0.2) is 0 Å². The maximum absolute atomic E-state index is 11.1. The number of pyridine rings is 2. The summed E-state index contributed by atoms with van der Waals surface area (Å²) in [6.07, 6.45) is 3.30. The lowest BCUT2D eigenvalue weighted by Crippen LogP contribution is -2.07. The third-order valence-electron chi connectivity index (χ3n) is 2.87. The fourth-order valence-electron chi connectivity index (χ4n) is 1.88. The summed E-state index contributed by atoms with van der Waals surface area (Å²) in [7, 11) is 1.64. The number of nitrogens with zero attached hydrogens (tertiary/aromatic N) is 1. The molecule has 0 bridgehead atoms. The van der Waals surface area contributed by atoms with Crippen molar-refractivity contribution in [2.45, 2.75) is 20.5 Å². The van der Waals surface area contributed by atoms with Gasteiger partial charge in [-0.05, 0) is 19.9 Å². The number of hydrogen-bond acceptors (Lipinski definition) is 4. The van der Waals surface area contributed by atoms with Crippen LogP contribution in [0.15, 0.2) is 29.3 Å². The minimum absolute atomic E-state index is 0.191. The van der Waals surface area contributed by atoms with Crippen molar-refractivity contribution in [3.63, 3.8) is 0 Å². The van der Waals surface area contributed by atoms with Gasteiger partial charge in [0.1, 0.15) is 18.1 Å². The molecule has 0 aliphatic rings. The molecule has 19 heavy (non-hydrogen) atoms. The summed E-state index contributed by atoms with van der Waals surface area (Å²) in [4.78, 5) is 18.0. The van der Waals surface area contributed by atoms with E-state index in [1.807, 2.05) is 13.8 Å². The van der Waals surface area contributed by atoms with Gasteiger partial charge in [-0.3, -0.25) is 9.78 Å². The Hall–Kier alpha value is -2.30. The van der Waals surface area contributed by atoms with E-state index in [1.165, 1.54) is 6.07 Å². The number of H-pyrrole nitrogens is 1. The topological polar surface area (TPSA) is 64.2 Å². The molecule has 0 radical (unpaired) electrons. The summed E-state index contributed by atoms with van der Waals surface area (Å²) in [6.45, 7) is 4.18. The summed E-state index contributed by atoms with van der Waals surface area (Å²) >= 11 is 0. The molecular weight excluding hydrogens is 244 g/mol. The molecule has 0 saturated heterocycles. The van der Waals surface area contributed by atoms with Crippen LogP contribution in [-0.4, -0.2) is 17.1 Å². The average molecular weight is 260 g/mol. The molecule has 2 aromatic heterocycles. The van der Waals surface area contributed by atoms with Gasteiger partial charge in [0, 0.05) is 29.6 Å². The van der Waals surface area contributed by atoms with Crippen molar-refractivity contribution < 1.29 is 9.47 Å². The molecule has 0 aliphatic carbocycles. The van der Waals surface area contributed by atoms with E-state index in [-0.39, 0.29) is 5.56 Å². The summed E-state index contributed by atoms with van der Waals surface area (Å²) in [5, 5.41) is 0. The summed E-state index contributed by atoms with van der Waals surface area (Å²) in [6, 6.07) is 3.10. The summed E-state index contributed by atoms with van der Waals surface area (Å²) < 4.78 is 10.9. The van der Waals surface area contributed by atoms with Gasteiger partial charge in [-0.15, -0.1) is 0 Å². The van der Waals surface area contributed by atoms with Crippen LogP contribution in [0.4, 0.5) is 0 Å². The van der Waals surface area contributed by atoms with Crippen LogP contribution in [0, 0.1) is 13.8 Å². The molecule has 0 aromatic carbocycles. The molecule has 0 aliphatic heterocycles. The van der Waals surface area contributed by atoms with E-state index in [4.69, 9.17) is 9.47 Å². The number of ether oxygens (including phenoxy) is 2. The zero-order valence-corrected chi connectivity index (χ0v) is 11.2. The number of rotatable bonds is 4. The van der Waals surface area contributed by atoms with Crippen molar-refractivity contribution in [2.75, 3.05) is 7.11 Å². The molecule has 0 unspecified atom stereocenters. The van der Waals surface area contributed by atoms with E-state index in [1.54, 1.807) is 25.6 Å². The molecule has 2 rings (SSSR count).